The predicted octanol–water partition coefficient (Wildman–Crippen LogP) is 10.1. The number of nitrogens with two attached hydrogens (primary N) is 1. The molecule has 4 atom stereocenters. The van der Waals surface area contributed by atoms with Gasteiger partial charge in [-0.3, -0.25) is 0 Å². The van der Waals surface area contributed by atoms with E-state index in [1.165, 1.54) is 14.2 Å². The minimum atomic E-state index is -0.220. The summed E-state index contributed by atoms with van der Waals surface area (Å²) >= 11 is 26.2. The van der Waals surface area contributed by atoms with Crippen LogP contribution in [0.25, 0.3) is 54.5 Å². The Morgan fingerprint density at radius 3 is 1.52 bits per heavy atom. The largest absolute Gasteiger partial charge is 0.495 e. The minimum absolute atomic E-state index is 0. The average molecular weight is 1050 g/mol. The van der Waals surface area contributed by atoms with Gasteiger partial charge < -0.3 is 52.2 Å². The molecule has 0 bridgehead atoms. The molecule has 21 heteroatoms. The van der Waals surface area contributed by atoms with E-state index >= 15 is 0 Å². The summed E-state index contributed by atoms with van der Waals surface area (Å²) in [6.45, 7) is 2.19. The number of benzene rings is 4. The smallest absolute Gasteiger partial charge is 0.223 e. The standard InChI is InChI=1S/C21H20Cl2N6O3.C21H22Cl2N4O3.CH3.Pd/c1-30-16-8-17(31-2)20(23)18(19(16)22)11-3-4-13-12(7-11)9-25-21(26-13)27-15-10-32-6-5-14(15)28-29-24;1-28-16-8-17(29-2)20(23)18(19(16)22)11-3-4-14-12(7-11)9-25-21(26-14)27-15-10-30-6-5-13(15)24;;/h3-4,7-9,14-15H,5-6,10H2,1-2H3,(H,25,26,27);3-4,7-9,13,15H,5-6,10,24H2,1-2H3,(H,25,26,27);1H3;/q;;-1;/t14-,15+;13-,15+;;/m00../s1. The number of rotatable bonds is 11. The number of nitrogens with zero attached hydrogens (tertiary/aromatic N) is 7. The van der Waals surface area contributed by atoms with Gasteiger partial charge in [0.15, 0.2) is 0 Å². The molecule has 4 aromatic carbocycles. The maximum atomic E-state index is 8.79. The molecule has 342 valence electrons. The number of nitrogens with one attached hydrogen (secondary N) is 2. The number of azide groups is 1. The average Bonchev–Trinajstić information content (AvgIpc) is 3.28. The molecule has 2 aliphatic heterocycles. The third-order valence-electron chi connectivity index (χ3n) is 10.4. The van der Waals surface area contributed by atoms with Crippen molar-refractivity contribution in [3.8, 4) is 45.3 Å². The molecule has 2 fully saturated rings. The van der Waals surface area contributed by atoms with Crippen molar-refractivity contribution in [1.29, 1.82) is 0 Å². The SMILES string of the molecule is COc1cc(OC)c(Cl)c(-c2ccc3nc(N[C@@H]4COCC[C@@H]4N)ncc3c2)c1Cl.COc1cc(OC)c(Cl)c(-c2ccc3nc(N[C@@H]4COCC[C@@H]4N=[N+]=[N-])ncc3c2)c1Cl.[CH3-].[Pd]. The van der Waals surface area contributed by atoms with E-state index in [-0.39, 0.29) is 52.0 Å². The Balaban J connectivity index is 0.000000234. The van der Waals surface area contributed by atoms with E-state index in [9.17, 15) is 0 Å². The van der Waals surface area contributed by atoms with E-state index in [0.717, 1.165) is 39.4 Å². The van der Waals surface area contributed by atoms with Gasteiger partial charge in [0.1, 0.15) is 23.0 Å². The third-order valence-corrected chi connectivity index (χ3v) is 11.9. The van der Waals surface area contributed by atoms with Gasteiger partial charge in [-0.25, -0.2) is 19.9 Å². The molecule has 16 nitrogen and oxygen atoms in total. The first-order valence-corrected chi connectivity index (χ1v) is 20.8. The summed E-state index contributed by atoms with van der Waals surface area (Å²) in [6, 6.07) is 14.2. The molecule has 0 spiro atoms. The van der Waals surface area contributed by atoms with Crippen LogP contribution in [0, 0.1) is 7.43 Å². The van der Waals surface area contributed by atoms with E-state index in [0.29, 0.717) is 99.0 Å². The van der Waals surface area contributed by atoms with Crippen molar-refractivity contribution in [1.82, 2.24) is 19.9 Å². The number of halogens is 4. The van der Waals surface area contributed by atoms with Crippen molar-refractivity contribution >= 4 is 80.1 Å². The molecule has 0 aliphatic carbocycles. The molecule has 0 unspecified atom stereocenters. The van der Waals surface area contributed by atoms with Crippen LogP contribution in [0.5, 0.6) is 23.0 Å². The number of ether oxygens (including phenoxy) is 6. The third kappa shape index (κ3) is 11.1. The first-order chi connectivity index (χ1) is 30.1. The number of anilines is 2. The zero-order chi connectivity index (χ0) is 43.9. The van der Waals surface area contributed by atoms with Crippen LogP contribution in [-0.4, -0.2) is 99.0 Å². The van der Waals surface area contributed by atoms with Gasteiger partial charge in [-0.1, -0.05) is 63.7 Å². The molecule has 0 saturated carbocycles. The van der Waals surface area contributed by atoms with Crippen LogP contribution in [0.4, 0.5) is 11.9 Å². The minimum Gasteiger partial charge on any atom is -0.495 e. The van der Waals surface area contributed by atoms with E-state index in [1.807, 2.05) is 36.4 Å². The van der Waals surface area contributed by atoms with Crippen LogP contribution < -0.4 is 35.3 Å². The summed E-state index contributed by atoms with van der Waals surface area (Å²) in [5.41, 5.74) is 19.3. The fraction of sp³-hybridized carbons (Fsp3) is 0.326. The molecule has 64 heavy (non-hydrogen) atoms. The quantitative estimate of drug-likeness (QED) is 0.0364. The number of aromatic nitrogens is 4. The summed E-state index contributed by atoms with van der Waals surface area (Å²) in [7, 11) is 6.16. The van der Waals surface area contributed by atoms with Crippen LogP contribution in [-0.2, 0) is 29.9 Å². The van der Waals surface area contributed by atoms with Crippen molar-refractivity contribution in [2.45, 2.75) is 37.0 Å². The number of methoxy groups -OCH3 is 4. The summed E-state index contributed by atoms with van der Waals surface area (Å²) < 4.78 is 32.4. The van der Waals surface area contributed by atoms with Crippen molar-refractivity contribution in [2.24, 2.45) is 10.8 Å². The van der Waals surface area contributed by atoms with E-state index < -0.39 is 0 Å². The monoisotopic (exact) mass is 1040 g/mol. The molecular weight excluding hydrogens is 1000 g/mol. The molecule has 4 heterocycles. The Morgan fingerprint density at radius 1 is 0.672 bits per heavy atom. The molecule has 0 amide bonds. The maximum Gasteiger partial charge on any atom is 0.223 e. The van der Waals surface area contributed by atoms with Gasteiger partial charge in [0, 0.05) is 91.0 Å². The summed E-state index contributed by atoms with van der Waals surface area (Å²) in [4.78, 5) is 21.0. The van der Waals surface area contributed by atoms with Gasteiger partial charge in [-0.15, -0.1) is 0 Å². The van der Waals surface area contributed by atoms with Gasteiger partial charge in [-0.2, -0.15) is 0 Å². The molecule has 4 N–H and O–H groups in total. The van der Waals surface area contributed by atoms with Crippen LogP contribution in [0.1, 0.15) is 12.8 Å². The van der Waals surface area contributed by atoms with Crippen LogP contribution >= 0.6 is 46.4 Å². The fourth-order valence-corrected chi connectivity index (χ4v) is 8.54. The first kappa shape index (κ1) is 50.4. The molecule has 2 aromatic heterocycles. The van der Waals surface area contributed by atoms with Crippen LogP contribution in [0.15, 0.2) is 66.0 Å². The number of fused-ring (bicyclic) bond motifs is 2. The second kappa shape index (κ2) is 23.0. The zero-order valence-electron chi connectivity index (χ0n) is 35.3. The van der Waals surface area contributed by atoms with Gasteiger partial charge in [-0.05, 0) is 53.8 Å². The Morgan fingerprint density at radius 2 is 1.09 bits per heavy atom. The van der Waals surface area contributed by atoms with E-state index in [1.54, 1.807) is 38.7 Å². The fourth-order valence-electron chi connectivity index (χ4n) is 7.10. The van der Waals surface area contributed by atoms with Gasteiger partial charge in [0.25, 0.3) is 0 Å². The van der Waals surface area contributed by atoms with Gasteiger partial charge >= 0.3 is 0 Å². The normalized spacial score (nSPS) is 18.0. The Bertz CT molecular complexity index is 2590. The topological polar surface area (TPSA) is 206 Å². The summed E-state index contributed by atoms with van der Waals surface area (Å²) in [5.74, 6) is 2.83. The Kier molecular flexibility index (Phi) is 18.1. The van der Waals surface area contributed by atoms with Crippen LogP contribution in [0.2, 0.25) is 20.1 Å². The predicted molar refractivity (Wildman–Crippen MR) is 249 cm³/mol. The molecule has 2 saturated heterocycles. The zero-order valence-corrected chi connectivity index (χ0v) is 39.9. The summed E-state index contributed by atoms with van der Waals surface area (Å²) in [6.07, 6.45) is 4.91. The van der Waals surface area contributed by atoms with Gasteiger partial charge in [0.2, 0.25) is 11.9 Å². The first-order valence-electron chi connectivity index (χ1n) is 19.3. The molecular formula is C43H45Cl4N10O6Pd-. The molecule has 2 aliphatic rings. The van der Waals surface area contributed by atoms with Crippen molar-refractivity contribution in [3.63, 3.8) is 0 Å². The van der Waals surface area contributed by atoms with Crippen LogP contribution in [0.3, 0.4) is 0 Å². The Labute approximate surface area is 404 Å². The Hall–Kier alpha value is -4.63. The summed E-state index contributed by atoms with van der Waals surface area (Å²) in [5, 5.41) is 13.6. The van der Waals surface area contributed by atoms with Crippen molar-refractivity contribution in [2.75, 3.05) is 65.5 Å². The second-order valence-electron chi connectivity index (χ2n) is 14.2. The van der Waals surface area contributed by atoms with Gasteiger partial charge in [0.05, 0.1) is 90.9 Å². The molecule has 6 aromatic rings. The van der Waals surface area contributed by atoms with Crippen molar-refractivity contribution in [3.05, 3.63) is 98.9 Å². The number of hydrogen-bond donors (Lipinski definition) is 3. The molecule has 8 rings (SSSR count). The maximum absolute atomic E-state index is 8.79. The van der Waals surface area contributed by atoms with E-state index in [4.69, 9.17) is 86.1 Å². The van der Waals surface area contributed by atoms with Crippen molar-refractivity contribution < 1.29 is 48.8 Å². The van der Waals surface area contributed by atoms with E-state index in [2.05, 4.69) is 40.6 Å². The number of hydrogen-bond acceptors (Lipinski definition) is 14. The second-order valence-corrected chi connectivity index (χ2v) is 15.7. The molecule has 0 radical (unpaired) electrons.